The van der Waals surface area contributed by atoms with E-state index in [1.54, 1.807) is 13.0 Å². The molecule has 2 aliphatic heterocycles. The molecule has 0 spiro atoms. The normalized spacial score (nSPS) is 21.1. The van der Waals surface area contributed by atoms with Crippen LogP contribution in [0.2, 0.25) is 0 Å². The predicted octanol–water partition coefficient (Wildman–Crippen LogP) is 6.08. The molecule has 0 radical (unpaired) electrons. The number of alkyl halides is 6. The average Bonchev–Trinajstić information content (AvgIpc) is 2.91. The largest absolute Gasteiger partial charge is 0.416 e. The predicted molar refractivity (Wildman–Crippen MR) is 153 cm³/mol. The zero-order chi connectivity index (χ0) is 31.9. The highest BCUT2D eigenvalue weighted by Gasteiger charge is 2.41. The molecule has 2 saturated heterocycles. The van der Waals surface area contributed by atoms with Crippen molar-refractivity contribution in [3.8, 4) is 0 Å². The van der Waals surface area contributed by atoms with E-state index in [0.29, 0.717) is 63.1 Å². The van der Waals surface area contributed by atoms with E-state index >= 15 is 0 Å². The summed E-state index contributed by atoms with van der Waals surface area (Å²) < 4.78 is 120. The Morgan fingerprint density at radius 3 is 2.00 bits per heavy atom. The molecule has 246 valence electrons. The van der Waals surface area contributed by atoms with Crippen molar-refractivity contribution < 1.29 is 43.9 Å². The Bertz CT molecular complexity index is 1410. The van der Waals surface area contributed by atoms with Crippen LogP contribution in [-0.4, -0.2) is 74.0 Å². The number of sulfonamides is 1. The Morgan fingerprint density at radius 1 is 0.932 bits per heavy atom. The molecule has 4 rings (SSSR count). The molecule has 6 nitrogen and oxygen atoms in total. The van der Waals surface area contributed by atoms with Gasteiger partial charge >= 0.3 is 12.4 Å². The summed E-state index contributed by atoms with van der Waals surface area (Å²) in [5.74, 6) is -1.97. The van der Waals surface area contributed by atoms with E-state index in [1.165, 1.54) is 23.5 Å². The van der Waals surface area contributed by atoms with Gasteiger partial charge in [0.1, 0.15) is 5.82 Å². The number of hydrogen-bond donors (Lipinski definition) is 0. The highest BCUT2D eigenvalue weighted by Crippen LogP contribution is 2.39. The molecule has 2 atom stereocenters. The second-order valence-corrected chi connectivity index (χ2v) is 13.5. The molecule has 2 fully saturated rings. The minimum absolute atomic E-state index is 0. The Hall–Kier alpha value is -2.42. The molecule has 2 aromatic carbocycles. The number of aryl methyl sites for hydroxylation is 1. The van der Waals surface area contributed by atoms with Crippen molar-refractivity contribution in [3.63, 3.8) is 0 Å². The van der Waals surface area contributed by atoms with Gasteiger partial charge in [-0.15, -0.1) is 12.4 Å². The lowest BCUT2D eigenvalue weighted by molar-refractivity contribution is -0.143. The van der Waals surface area contributed by atoms with Crippen LogP contribution >= 0.6 is 12.4 Å². The number of amides is 1. The second-order valence-electron chi connectivity index (χ2n) is 11.5. The number of piperidine rings is 2. The molecule has 2 unspecified atom stereocenters. The van der Waals surface area contributed by atoms with Crippen molar-refractivity contribution >= 4 is 28.3 Å². The molecule has 15 heteroatoms. The molecule has 0 N–H and O–H groups in total. The highest BCUT2D eigenvalue weighted by molar-refractivity contribution is 7.88. The summed E-state index contributed by atoms with van der Waals surface area (Å²) in [6, 6.07) is 5.59. The maximum absolute atomic E-state index is 14.0. The van der Waals surface area contributed by atoms with Gasteiger partial charge in [-0.2, -0.15) is 26.3 Å². The van der Waals surface area contributed by atoms with Gasteiger partial charge in [0.05, 0.1) is 17.4 Å². The summed E-state index contributed by atoms with van der Waals surface area (Å²) in [6.45, 7) is 2.87. The summed E-state index contributed by atoms with van der Waals surface area (Å²) in [7, 11) is -1.97. The van der Waals surface area contributed by atoms with Gasteiger partial charge in [0, 0.05) is 51.1 Å². The molecule has 1 amide bonds. The summed E-state index contributed by atoms with van der Waals surface area (Å²) in [6.07, 6.45) is -7.30. The molecule has 0 aliphatic carbocycles. The highest BCUT2D eigenvalue weighted by atomic mass is 35.5. The average molecular weight is 674 g/mol. The van der Waals surface area contributed by atoms with Crippen LogP contribution in [-0.2, 0) is 33.7 Å². The van der Waals surface area contributed by atoms with Gasteiger partial charge in [-0.05, 0) is 79.8 Å². The van der Waals surface area contributed by atoms with Gasteiger partial charge < -0.3 is 4.90 Å². The van der Waals surface area contributed by atoms with Crippen molar-refractivity contribution in [3.05, 3.63) is 70.0 Å². The molecule has 2 heterocycles. The maximum atomic E-state index is 14.0. The van der Waals surface area contributed by atoms with Crippen molar-refractivity contribution in [1.82, 2.24) is 14.1 Å². The second kappa shape index (κ2) is 13.5. The molecule has 0 bridgehead atoms. The van der Waals surface area contributed by atoms with Gasteiger partial charge in [-0.1, -0.05) is 6.07 Å². The smallest absolute Gasteiger partial charge is 0.341 e. The molecule has 2 aromatic rings. The SMILES string of the molecule is Cc1cc(F)ccc1C1CN(C2CCN(S(C)(=O)=O)CC2)CCC1C(=O)N(C)Cc1cc(C(F)(F)F)cc(C(F)(F)F)c1.Cl. The fourth-order valence-corrected chi connectivity index (χ4v) is 7.13. The van der Waals surface area contributed by atoms with Crippen LogP contribution in [0.1, 0.15) is 53.0 Å². The van der Waals surface area contributed by atoms with Gasteiger partial charge in [0.2, 0.25) is 15.9 Å². The fourth-order valence-electron chi connectivity index (χ4n) is 6.26. The van der Waals surface area contributed by atoms with E-state index in [2.05, 4.69) is 4.90 Å². The van der Waals surface area contributed by atoms with Gasteiger partial charge in [0.15, 0.2) is 0 Å². The molecule has 0 aromatic heterocycles. The Kier molecular flexibility index (Phi) is 11.1. The topological polar surface area (TPSA) is 60.9 Å². The van der Waals surface area contributed by atoms with E-state index in [-0.39, 0.29) is 30.1 Å². The zero-order valence-corrected chi connectivity index (χ0v) is 26.0. The summed E-state index contributed by atoms with van der Waals surface area (Å²) in [5.41, 5.74) is -1.86. The molecule has 2 aliphatic rings. The Balaban J connectivity index is 0.00000529. The number of carbonyl (C=O) groups excluding carboxylic acids is 1. The lowest BCUT2D eigenvalue weighted by Crippen LogP contribution is -2.52. The van der Waals surface area contributed by atoms with E-state index in [0.717, 1.165) is 16.7 Å². The number of halogens is 8. The van der Waals surface area contributed by atoms with Crippen LogP contribution in [0.5, 0.6) is 0 Å². The number of benzene rings is 2. The third kappa shape index (κ3) is 8.43. The first kappa shape index (κ1) is 36.1. The Morgan fingerprint density at radius 2 is 1.50 bits per heavy atom. The van der Waals surface area contributed by atoms with Crippen LogP contribution in [0, 0.1) is 18.7 Å². The van der Waals surface area contributed by atoms with E-state index in [9.17, 15) is 43.9 Å². The lowest BCUT2D eigenvalue weighted by Gasteiger charge is -2.45. The first-order valence-electron chi connectivity index (χ1n) is 13.8. The lowest BCUT2D eigenvalue weighted by atomic mass is 9.77. The number of rotatable bonds is 6. The first-order valence-corrected chi connectivity index (χ1v) is 15.7. The first-order chi connectivity index (χ1) is 19.8. The molecule has 44 heavy (non-hydrogen) atoms. The number of likely N-dealkylation sites (tertiary alicyclic amines) is 1. The van der Waals surface area contributed by atoms with Crippen LogP contribution in [0.25, 0.3) is 0 Å². The van der Waals surface area contributed by atoms with Crippen LogP contribution < -0.4 is 0 Å². The maximum Gasteiger partial charge on any atom is 0.416 e. The quantitative estimate of drug-likeness (QED) is 0.349. The molecule has 0 saturated carbocycles. The Labute approximate surface area is 258 Å². The third-order valence-corrected chi connectivity index (χ3v) is 9.75. The van der Waals surface area contributed by atoms with E-state index < -0.39 is 63.6 Å². The van der Waals surface area contributed by atoms with Crippen LogP contribution in [0.15, 0.2) is 36.4 Å². The van der Waals surface area contributed by atoms with Crippen molar-refractivity contribution in [2.24, 2.45) is 5.92 Å². The van der Waals surface area contributed by atoms with Crippen molar-refractivity contribution in [1.29, 1.82) is 0 Å². The van der Waals surface area contributed by atoms with Gasteiger partial charge in [0.25, 0.3) is 0 Å². The van der Waals surface area contributed by atoms with Gasteiger partial charge in [-0.25, -0.2) is 17.1 Å². The third-order valence-electron chi connectivity index (χ3n) is 8.45. The number of nitrogens with zero attached hydrogens (tertiary/aromatic N) is 3. The summed E-state index contributed by atoms with van der Waals surface area (Å²) in [5, 5.41) is 0. The van der Waals surface area contributed by atoms with Crippen LogP contribution in [0.3, 0.4) is 0 Å². The van der Waals surface area contributed by atoms with E-state index in [4.69, 9.17) is 0 Å². The summed E-state index contributed by atoms with van der Waals surface area (Å²) in [4.78, 5) is 17.1. The van der Waals surface area contributed by atoms with Gasteiger partial charge in [-0.3, -0.25) is 9.69 Å². The monoisotopic (exact) mass is 673 g/mol. The van der Waals surface area contributed by atoms with E-state index in [1.807, 2.05) is 0 Å². The summed E-state index contributed by atoms with van der Waals surface area (Å²) >= 11 is 0. The molecular formula is C29H35ClF7N3O3S. The van der Waals surface area contributed by atoms with Crippen LogP contribution in [0.4, 0.5) is 30.7 Å². The zero-order valence-electron chi connectivity index (χ0n) is 24.4. The molecular weight excluding hydrogens is 639 g/mol. The van der Waals surface area contributed by atoms with Crippen molar-refractivity contribution in [2.75, 3.05) is 39.5 Å². The minimum Gasteiger partial charge on any atom is -0.341 e. The van der Waals surface area contributed by atoms with Crippen molar-refractivity contribution in [2.45, 2.75) is 57.0 Å². The number of hydrogen-bond acceptors (Lipinski definition) is 4. The number of carbonyl (C=O) groups is 1. The standard InChI is InChI=1S/C29H34F7N3O3S.ClH/c1-18-12-22(30)4-5-24(18)26-17-38(23-6-10-39(11-7-23)43(3,41)42)9-8-25(26)27(40)37(2)16-19-13-20(28(31,32)33)15-21(14-19)29(34,35)36;/h4-5,12-15,23,25-26H,6-11,16-17H2,1-3H3;1H. The fraction of sp³-hybridized carbons (Fsp3) is 0.552. The minimum atomic E-state index is -5.01.